The molecule has 1 saturated carbocycles. The number of halogens is 1. The molecule has 1 aliphatic rings. The predicted molar refractivity (Wildman–Crippen MR) is 77.0 cm³/mol. The van der Waals surface area contributed by atoms with Crippen LogP contribution in [0.25, 0.3) is 0 Å². The van der Waals surface area contributed by atoms with Crippen molar-refractivity contribution in [2.45, 2.75) is 51.2 Å². The lowest BCUT2D eigenvalue weighted by Crippen LogP contribution is -2.11. The standard InChI is InChI=1S/C15H21BrO2/c1-17-15-9-8-12(10-14(15)16)11-18-13-6-4-2-3-5-7-13/h8-10,13H,2-7,11H2,1H3. The van der Waals surface area contributed by atoms with E-state index in [1.54, 1.807) is 7.11 Å². The molecule has 0 unspecified atom stereocenters. The molecule has 0 atom stereocenters. The Bertz CT molecular complexity index is 371. The van der Waals surface area contributed by atoms with E-state index in [1.165, 1.54) is 44.1 Å². The molecule has 0 radical (unpaired) electrons. The van der Waals surface area contributed by atoms with Crippen LogP contribution in [0.15, 0.2) is 22.7 Å². The van der Waals surface area contributed by atoms with Gasteiger partial charge in [0, 0.05) is 0 Å². The normalized spacial score (nSPS) is 17.4. The van der Waals surface area contributed by atoms with E-state index in [4.69, 9.17) is 9.47 Å². The molecule has 1 aromatic rings. The van der Waals surface area contributed by atoms with E-state index in [0.29, 0.717) is 12.7 Å². The lowest BCUT2D eigenvalue weighted by atomic mass is 10.1. The zero-order valence-corrected chi connectivity index (χ0v) is 12.5. The zero-order chi connectivity index (χ0) is 12.8. The molecule has 1 aromatic carbocycles. The van der Waals surface area contributed by atoms with Crippen LogP contribution in [-0.4, -0.2) is 13.2 Å². The molecule has 18 heavy (non-hydrogen) atoms. The Kier molecular flexibility index (Phi) is 5.51. The van der Waals surface area contributed by atoms with Crippen LogP contribution in [0.4, 0.5) is 0 Å². The maximum absolute atomic E-state index is 6.02. The lowest BCUT2D eigenvalue weighted by Gasteiger charge is -2.15. The molecule has 1 fully saturated rings. The summed E-state index contributed by atoms with van der Waals surface area (Å²) in [5.74, 6) is 0.869. The van der Waals surface area contributed by atoms with E-state index in [0.717, 1.165) is 10.2 Å². The maximum atomic E-state index is 6.02. The zero-order valence-electron chi connectivity index (χ0n) is 11.0. The molecule has 100 valence electrons. The second-order valence-electron chi connectivity index (χ2n) is 4.89. The third kappa shape index (κ3) is 3.99. The van der Waals surface area contributed by atoms with Crippen molar-refractivity contribution in [2.24, 2.45) is 0 Å². The minimum atomic E-state index is 0.452. The highest BCUT2D eigenvalue weighted by Gasteiger charge is 2.12. The van der Waals surface area contributed by atoms with Crippen molar-refractivity contribution in [1.82, 2.24) is 0 Å². The van der Waals surface area contributed by atoms with Gasteiger partial charge in [-0.05, 0) is 46.5 Å². The summed E-state index contributed by atoms with van der Waals surface area (Å²) in [7, 11) is 1.68. The molecule has 0 spiro atoms. The summed E-state index contributed by atoms with van der Waals surface area (Å²) in [4.78, 5) is 0. The van der Waals surface area contributed by atoms with Gasteiger partial charge in [0.05, 0.1) is 24.3 Å². The minimum absolute atomic E-state index is 0.452. The van der Waals surface area contributed by atoms with Crippen molar-refractivity contribution in [3.63, 3.8) is 0 Å². The highest BCUT2D eigenvalue weighted by atomic mass is 79.9. The molecular formula is C15H21BrO2. The fourth-order valence-electron chi connectivity index (χ4n) is 2.42. The maximum Gasteiger partial charge on any atom is 0.133 e. The Morgan fingerprint density at radius 2 is 1.89 bits per heavy atom. The van der Waals surface area contributed by atoms with Gasteiger partial charge in [0.25, 0.3) is 0 Å². The Balaban J connectivity index is 1.87. The Morgan fingerprint density at radius 3 is 2.50 bits per heavy atom. The van der Waals surface area contributed by atoms with E-state index >= 15 is 0 Å². The van der Waals surface area contributed by atoms with E-state index in [2.05, 4.69) is 28.1 Å². The van der Waals surface area contributed by atoms with E-state index in [9.17, 15) is 0 Å². The van der Waals surface area contributed by atoms with Crippen molar-refractivity contribution >= 4 is 15.9 Å². The van der Waals surface area contributed by atoms with Gasteiger partial charge in [0.15, 0.2) is 0 Å². The molecule has 0 bridgehead atoms. The quantitative estimate of drug-likeness (QED) is 0.750. The number of ether oxygens (including phenoxy) is 2. The van der Waals surface area contributed by atoms with Crippen molar-refractivity contribution in [1.29, 1.82) is 0 Å². The van der Waals surface area contributed by atoms with Gasteiger partial charge in [0.2, 0.25) is 0 Å². The third-order valence-electron chi connectivity index (χ3n) is 3.50. The summed E-state index contributed by atoms with van der Waals surface area (Å²) in [5, 5.41) is 0. The predicted octanol–water partition coefficient (Wildman–Crippen LogP) is 4.70. The SMILES string of the molecule is COc1ccc(COC2CCCCCC2)cc1Br. The molecule has 2 nitrogen and oxygen atoms in total. The minimum Gasteiger partial charge on any atom is -0.496 e. The summed E-state index contributed by atoms with van der Waals surface area (Å²) < 4.78 is 12.2. The van der Waals surface area contributed by atoms with Gasteiger partial charge in [-0.15, -0.1) is 0 Å². The highest BCUT2D eigenvalue weighted by Crippen LogP contribution is 2.27. The van der Waals surface area contributed by atoms with E-state index < -0.39 is 0 Å². The molecule has 0 aromatic heterocycles. The summed E-state index contributed by atoms with van der Waals surface area (Å²) in [6.07, 6.45) is 8.26. The van der Waals surface area contributed by atoms with Crippen LogP contribution in [0.5, 0.6) is 5.75 Å². The van der Waals surface area contributed by atoms with Crippen LogP contribution in [0.1, 0.15) is 44.1 Å². The van der Waals surface area contributed by atoms with Crippen LogP contribution in [0, 0.1) is 0 Å². The molecule has 1 aliphatic carbocycles. The number of hydrogen-bond acceptors (Lipinski definition) is 2. The molecule has 0 aliphatic heterocycles. The summed E-state index contributed by atoms with van der Waals surface area (Å²) in [6.45, 7) is 0.702. The van der Waals surface area contributed by atoms with Gasteiger partial charge < -0.3 is 9.47 Å². The van der Waals surface area contributed by atoms with E-state index in [-0.39, 0.29) is 0 Å². The number of methoxy groups -OCH3 is 1. The topological polar surface area (TPSA) is 18.5 Å². The first-order valence-electron chi connectivity index (χ1n) is 6.73. The van der Waals surface area contributed by atoms with Crippen LogP contribution in [0.2, 0.25) is 0 Å². The van der Waals surface area contributed by atoms with E-state index in [1.807, 2.05) is 6.07 Å². The van der Waals surface area contributed by atoms with Crippen molar-refractivity contribution in [2.75, 3.05) is 7.11 Å². The average molecular weight is 313 g/mol. The fraction of sp³-hybridized carbons (Fsp3) is 0.600. The second-order valence-corrected chi connectivity index (χ2v) is 5.75. The molecule has 0 N–H and O–H groups in total. The van der Waals surface area contributed by atoms with Gasteiger partial charge in [-0.1, -0.05) is 31.7 Å². The van der Waals surface area contributed by atoms with Gasteiger partial charge in [0.1, 0.15) is 5.75 Å². The molecule has 0 amide bonds. The number of benzene rings is 1. The first kappa shape index (κ1) is 13.9. The van der Waals surface area contributed by atoms with Crippen LogP contribution >= 0.6 is 15.9 Å². The number of hydrogen-bond donors (Lipinski definition) is 0. The van der Waals surface area contributed by atoms with Gasteiger partial charge in [-0.25, -0.2) is 0 Å². The summed E-state index contributed by atoms with van der Waals surface area (Å²) >= 11 is 3.51. The molecular weight excluding hydrogens is 292 g/mol. The van der Waals surface area contributed by atoms with Crippen molar-refractivity contribution in [3.8, 4) is 5.75 Å². The summed E-state index contributed by atoms with van der Waals surface area (Å²) in [5.41, 5.74) is 1.20. The first-order valence-corrected chi connectivity index (χ1v) is 7.53. The summed E-state index contributed by atoms with van der Waals surface area (Å²) in [6, 6.07) is 6.13. The smallest absolute Gasteiger partial charge is 0.133 e. The fourth-order valence-corrected chi connectivity index (χ4v) is 3.01. The first-order chi connectivity index (χ1) is 8.79. The molecule has 3 heteroatoms. The van der Waals surface area contributed by atoms with Crippen LogP contribution < -0.4 is 4.74 Å². The van der Waals surface area contributed by atoms with Gasteiger partial charge in [-0.3, -0.25) is 0 Å². The van der Waals surface area contributed by atoms with Gasteiger partial charge >= 0.3 is 0 Å². The number of rotatable bonds is 4. The molecule has 0 saturated heterocycles. The Labute approximate surface area is 118 Å². The molecule has 2 rings (SSSR count). The largest absolute Gasteiger partial charge is 0.496 e. The van der Waals surface area contributed by atoms with Crippen LogP contribution in [-0.2, 0) is 11.3 Å². The Hall–Kier alpha value is -0.540. The second kappa shape index (κ2) is 7.15. The third-order valence-corrected chi connectivity index (χ3v) is 4.12. The van der Waals surface area contributed by atoms with Crippen molar-refractivity contribution in [3.05, 3.63) is 28.2 Å². The molecule has 0 heterocycles. The van der Waals surface area contributed by atoms with Gasteiger partial charge in [-0.2, -0.15) is 0 Å². The highest BCUT2D eigenvalue weighted by molar-refractivity contribution is 9.10. The Morgan fingerprint density at radius 1 is 1.17 bits per heavy atom. The monoisotopic (exact) mass is 312 g/mol. The van der Waals surface area contributed by atoms with Crippen molar-refractivity contribution < 1.29 is 9.47 Å². The lowest BCUT2D eigenvalue weighted by molar-refractivity contribution is 0.0309. The van der Waals surface area contributed by atoms with Crippen LogP contribution in [0.3, 0.4) is 0 Å². The average Bonchev–Trinajstić information content (AvgIpc) is 2.65.